The van der Waals surface area contributed by atoms with Gasteiger partial charge in [0.15, 0.2) is 0 Å². The maximum Gasteiger partial charge on any atom is 0.272 e. The maximum atomic E-state index is 13.3. The molecule has 3 N–H and O–H groups in total. The van der Waals surface area contributed by atoms with Gasteiger partial charge in [-0.25, -0.2) is 4.98 Å². The Hall–Kier alpha value is -4.69. The van der Waals surface area contributed by atoms with Crippen molar-refractivity contribution in [2.45, 2.75) is 23.5 Å². The minimum Gasteiger partial charge on any atom is -0.321 e. The van der Waals surface area contributed by atoms with Crippen LogP contribution in [0, 0.1) is 0 Å². The molecule has 1 heterocycles. The number of aromatic nitrogens is 1. The molecular formula is C31H28N4O3S. The van der Waals surface area contributed by atoms with Gasteiger partial charge in [0.05, 0.1) is 5.25 Å². The van der Waals surface area contributed by atoms with Crippen LogP contribution in [-0.2, 0) is 9.59 Å². The monoisotopic (exact) mass is 536 g/mol. The molecule has 0 aliphatic heterocycles. The SMILES string of the molecule is CCC(Sc1cccc(NC(=O)/C(=C/c2ccccc2)NC(=O)c2ccccc2)c1)C(=O)Nc1ccccn1. The van der Waals surface area contributed by atoms with Gasteiger partial charge in [-0.3, -0.25) is 14.4 Å². The molecule has 4 rings (SSSR count). The van der Waals surface area contributed by atoms with Crippen molar-refractivity contribution in [2.75, 3.05) is 10.6 Å². The number of amides is 3. The Labute approximate surface area is 231 Å². The first kappa shape index (κ1) is 27.3. The van der Waals surface area contributed by atoms with E-state index in [0.29, 0.717) is 23.5 Å². The minimum atomic E-state index is -0.467. The molecule has 0 fully saturated rings. The number of carbonyl (C=O) groups excluding carboxylic acids is 3. The number of hydrogen-bond donors (Lipinski definition) is 3. The molecule has 0 bridgehead atoms. The lowest BCUT2D eigenvalue weighted by molar-refractivity contribution is -0.116. The number of carbonyl (C=O) groups is 3. The number of nitrogens with one attached hydrogen (secondary N) is 3. The first-order chi connectivity index (χ1) is 19.0. The standard InChI is InChI=1S/C31H28N4O3S/c1-2-27(31(38)35-28-18-9-10-19-32-28)39-25-17-11-16-24(21-25)33-30(37)26(20-22-12-5-3-6-13-22)34-29(36)23-14-7-4-8-15-23/h3-21,27H,2H2,1H3,(H,33,37)(H,34,36)(H,32,35,38)/b26-20-. The lowest BCUT2D eigenvalue weighted by Gasteiger charge is -2.15. The molecule has 0 radical (unpaired) electrons. The third kappa shape index (κ3) is 8.15. The van der Waals surface area contributed by atoms with E-state index in [4.69, 9.17) is 0 Å². The molecule has 0 saturated heterocycles. The number of rotatable bonds is 10. The Balaban J connectivity index is 1.48. The van der Waals surface area contributed by atoms with Gasteiger partial charge < -0.3 is 16.0 Å². The summed E-state index contributed by atoms with van der Waals surface area (Å²) in [6, 6.07) is 30.6. The van der Waals surface area contributed by atoms with Gasteiger partial charge in [-0.05, 0) is 60.5 Å². The van der Waals surface area contributed by atoms with Crippen molar-refractivity contribution in [3.63, 3.8) is 0 Å². The quantitative estimate of drug-likeness (QED) is 0.171. The maximum absolute atomic E-state index is 13.3. The fraction of sp³-hybridized carbons (Fsp3) is 0.0968. The lowest BCUT2D eigenvalue weighted by Crippen LogP contribution is -2.30. The van der Waals surface area contributed by atoms with Gasteiger partial charge >= 0.3 is 0 Å². The van der Waals surface area contributed by atoms with Crippen molar-refractivity contribution < 1.29 is 14.4 Å². The van der Waals surface area contributed by atoms with Gasteiger partial charge in [-0.1, -0.05) is 67.6 Å². The molecule has 0 aliphatic carbocycles. The van der Waals surface area contributed by atoms with Crippen LogP contribution < -0.4 is 16.0 Å². The summed E-state index contributed by atoms with van der Waals surface area (Å²) in [6.45, 7) is 1.94. The zero-order valence-electron chi connectivity index (χ0n) is 21.3. The van der Waals surface area contributed by atoms with Gasteiger partial charge in [0, 0.05) is 22.3 Å². The summed E-state index contributed by atoms with van der Waals surface area (Å²) in [7, 11) is 0. The Morgan fingerprint density at radius 3 is 2.26 bits per heavy atom. The van der Waals surface area contributed by atoms with E-state index in [0.717, 1.165) is 10.5 Å². The zero-order chi connectivity index (χ0) is 27.5. The highest BCUT2D eigenvalue weighted by atomic mass is 32.2. The number of nitrogens with zero attached hydrogens (tertiary/aromatic N) is 1. The van der Waals surface area contributed by atoms with Gasteiger partial charge in [-0.15, -0.1) is 11.8 Å². The zero-order valence-corrected chi connectivity index (χ0v) is 22.2. The van der Waals surface area contributed by atoms with Crippen molar-refractivity contribution >= 4 is 47.1 Å². The molecule has 8 heteroatoms. The molecule has 196 valence electrons. The highest BCUT2D eigenvalue weighted by Crippen LogP contribution is 2.28. The van der Waals surface area contributed by atoms with Crippen LogP contribution in [0.1, 0.15) is 29.3 Å². The normalized spacial score (nSPS) is 11.8. The fourth-order valence-corrected chi connectivity index (χ4v) is 4.65. The molecule has 1 aromatic heterocycles. The van der Waals surface area contributed by atoms with Crippen LogP contribution in [0.25, 0.3) is 6.08 Å². The second kappa shape index (κ2) is 13.7. The predicted octanol–water partition coefficient (Wildman–Crippen LogP) is 6.00. The number of pyridine rings is 1. The van der Waals surface area contributed by atoms with Gasteiger partial charge in [0.1, 0.15) is 11.5 Å². The third-order valence-electron chi connectivity index (χ3n) is 5.59. The Morgan fingerprint density at radius 2 is 1.56 bits per heavy atom. The van der Waals surface area contributed by atoms with Crippen LogP contribution in [0.4, 0.5) is 11.5 Å². The summed E-state index contributed by atoms with van der Waals surface area (Å²) in [5, 5.41) is 8.11. The lowest BCUT2D eigenvalue weighted by atomic mass is 10.1. The number of thioether (sulfide) groups is 1. The number of anilines is 2. The summed E-state index contributed by atoms with van der Waals surface area (Å²) in [4.78, 5) is 43.9. The van der Waals surface area contributed by atoms with E-state index in [9.17, 15) is 14.4 Å². The van der Waals surface area contributed by atoms with Gasteiger partial charge in [-0.2, -0.15) is 0 Å². The van der Waals surface area contributed by atoms with E-state index in [-0.39, 0.29) is 22.8 Å². The fourth-order valence-electron chi connectivity index (χ4n) is 3.63. The van der Waals surface area contributed by atoms with E-state index in [1.807, 2.05) is 61.5 Å². The van der Waals surface area contributed by atoms with E-state index in [1.165, 1.54) is 11.8 Å². The largest absolute Gasteiger partial charge is 0.321 e. The first-order valence-electron chi connectivity index (χ1n) is 12.4. The van der Waals surface area contributed by atoms with Crippen molar-refractivity contribution in [1.82, 2.24) is 10.3 Å². The van der Waals surface area contributed by atoms with Crippen LogP contribution in [0.3, 0.4) is 0 Å². The second-order valence-corrected chi connectivity index (χ2v) is 9.77. The first-order valence-corrected chi connectivity index (χ1v) is 13.3. The van der Waals surface area contributed by atoms with E-state index in [1.54, 1.807) is 60.8 Å². The van der Waals surface area contributed by atoms with E-state index >= 15 is 0 Å². The summed E-state index contributed by atoms with van der Waals surface area (Å²) in [5.74, 6) is -0.502. The summed E-state index contributed by atoms with van der Waals surface area (Å²) < 4.78 is 0. The molecule has 1 atom stereocenters. The van der Waals surface area contributed by atoms with Crippen LogP contribution in [0.15, 0.2) is 120 Å². The molecule has 1 unspecified atom stereocenters. The van der Waals surface area contributed by atoms with E-state index in [2.05, 4.69) is 20.9 Å². The predicted molar refractivity (Wildman–Crippen MR) is 156 cm³/mol. The highest BCUT2D eigenvalue weighted by Gasteiger charge is 2.19. The molecule has 4 aromatic rings. The number of benzene rings is 3. The average molecular weight is 537 g/mol. The molecule has 0 spiro atoms. The van der Waals surface area contributed by atoms with Crippen LogP contribution in [0.5, 0.6) is 0 Å². The van der Waals surface area contributed by atoms with E-state index < -0.39 is 5.91 Å². The molecule has 3 amide bonds. The summed E-state index contributed by atoms with van der Waals surface area (Å²) in [5.41, 5.74) is 1.86. The average Bonchev–Trinajstić information content (AvgIpc) is 2.97. The Morgan fingerprint density at radius 1 is 0.846 bits per heavy atom. The van der Waals surface area contributed by atoms with Crippen LogP contribution in [0.2, 0.25) is 0 Å². The van der Waals surface area contributed by atoms with Crippen molar-refractivity contribution in [3.05, 3.63) is 126 Å². The Bertz CT molecular complexity index is 1440. The van der Waals surface area contributed by atoms with Crippen LogP contribution >= 0.6 is 11.8 Å². The summed E-state index contributed by atoms with van der Waals surface area (Å²) in [6.07, 6.45) is 3.86. The second-order valence-electron chi connectivity index (χ2n) is 8.49. The van der Waals surface area contributed by atoms with Crippen LogP contribution in [-0.4, -0.2) is 28.0 Å². The molecule has 7 nitrogen and oxygen atoms in total. The molecule has 0 saturated carbocycles. The molecular weight excluding hydrogens is 508 g/mol. The Kier molecular flexibility index (Phi) is 9.63. The molecule has 3 aromatic carbocycles. The van der Waals surface area contributed by atoms with Crippen molar-refractivity contribution in [3.8, 4) is 0 Å². The molecule has 0 aliphatic rings. The van der Waals surface area contributed by atoms with Gasteiger partial charge in [0.25, 0.3) is 11.8 Å². The van der Waals surface area contributed by atoms with Crippen molar-refractivity contribution in [2.24, 2.45) is 0 Å². The number of hydrogen-bond acceptors (Lipinski definition) is 5. The molecule has 39 heavy (non-hydrogen) atoms. The third-order valence-corrected chi connectivity index (χ3v) is 6.95. The summed E-state index contributed by atoms with van der Waals surface area (Å²) >= 11 is 1.40. The smallest absolute Gasteiger partial charge is 0.272 e. The van der Waals surface area contributed by atoms with Gasteiger partial charge in [0.2, 0.25) is 5.91 Å². The minimum absolute atomic E-state index is 0.106. The highest BCUT2D eigenvalue weighted by molar-refractivity contribution is 8.00. The van der Waals surface area contributed by atoms with Crippen molar-refractivity contribution in [1.29, 1.82) is 0 Å². The topological polar surface area (TPSA) is 100 Å².